The van der Waals surface area contributed by atoms with E-state index < -0.39 is 34.6 Å². The molecule has 5 atom stereocenters. The minimum atomic E-state index is -0.871. The van der Waals surface area contributed by atoms with Crippen LogP contribution in [0.4, 0.5) is 16.2 Å². The summed E-state index contributed by atoms with van der Waals surface area (Å²) < 4.78 is 0. The molecule has 0 bridgehead atoms. The molecule has 0 aromatic heterocycles. The van der Waals surface area contributed by atoms with Crippen LogP contribution in [0.25, 0.3) is 0 Å². The highest BCUT2D eigenvalue weighted by atomic mass is 16.2. The van der Waals surface area contributed by atoms with E-state index in [9.17, 15) is 28.8 Å². The normalized spacial score (nSPS) is 20.3. The van der Waals surface area contributed by atoms with Crippen molar-refractivity contribution in [1.29, 1.82) is 0 Å². The van der Waals surface area contributed by atoms with Crippen molar-refractivity contribution >= 4 is 35.0 Å². The van der Waals surface area contributed by atoms with Gasteiger partial charge in [-0.15, -0.1) is 0 Å². The number of carbonyl (C=O) groups excluding carboxylic acids is 4. The average Bonchev–Trinajstić information content (AvgIpc) is 3.71. The summed E-state index contributed by atoms with van der Waals surface area (Å²) in [6.07, 6.45) is 3.22. The standard InChI is InChI=1S/C37H63N7O6/c1-13-38-34(49)30(45)24(18-22-14-15-22)39-33(48)27-23(21(2)3)16-17-44(27)20-26(37(7,8)9)41-35(50)40-25(36(4,5)6)19-43(12)29-28(42(10)11)31(46)32(29)47/h21-27H,13-20H2,1-12H3,(H,38,49)(H,39,48)(H2,40,41,50)/t23?,24?,25-,26-,27+/m1/s1. The Kier molecular flexibility index (Phi) is 13.3. The van der Waals surface area contributed by atoms with Crippen LogP contribution in [0.2, 0.25) is 0 Å². The first-order chi connectivity index (χ1) is 23.1. The van der Waals surface area contributed by atoms with Gasteiger partial charge in [0.05, 0.1) is 18.1 Å². The molecule has 50 heavy (non-hydrogen) atoms. The minimum absolute atomic E-state index is 0.0360. The molecular formula is C37H63N7O6. The molecule has 1 aromatic carbocycles. The minimum Gasteiger partial charge on any atom is -0.373 e. The van der Waals surface area contributed by atoms with Crippen molar-refractivity contribution in [2.45, 2.75) is 112 Å². The van der Waals surface area contributed by atoms with Gasteiger partial charge in [0.2, 0.25) is 11.7 Å². The van der Waals surface area contributed by atoms with Crippen LogP contribution < -0.4 is 41.9 Å². The number of nitrogens with one attached hydrogen (secondary N) is 4. The van der Waals surface area contributed by atoms with Crippen molar-refractivity contribution in [2.75, 3.05) is 57.1 Å². The second-order valence-corrected chi connectivity index (χ2v) is 17.2. The predicted molar refractivity (Wildman–Crippen MR) is 198 cm³/mol. The number of ketones is 1. The molecule has 3 rings (SSSR count). The van der Waals surface area contributed by atoms with Gasteiger partial charge in [-0.05, 0) is 54.9 Å². The van der Waals surface area contributed by atoms with E-state index >= 15 is 0 Å². The molecule has 13 heteroatoms. The molecule has 1 aliphatic carbocycles. The first kappa shape index (κ1) is 40.9. The van der Waals surface area contributed by atoms with E-state index in [1.165, 1.54) is 0 Å². The second kappa shape index (κ2) is 16.2. The lowest BCUT2D eigenvalue weighted by Crippen LogP contribution is -2.60. The van der Waals surface area contributed by atoms with E-state index in [4.69, 9.17) is 0 Å². The van der Waals surface area contributed by atoms with Gasteiger partial charge in [-0.2, -0.15) is 0 Å². The van der Waals surface area contributed by atoms with Crippen LogP contribution in [0.1, 0.15) is 88.0 Å². The number of urea groups is 1. The predicted octanol–water partition coefficient (Wildman–Crippen LogP) is 2.25. The zero-order valence-electron chi connectivity index (χ0n) is 32.5. The van der Waals surface area contributed by atoms with Gasteiger partial charge in [-0.25, -0.2) is 4.79 Å². The topological polar surface area (TPSA) is 160 Å². The molecule has 2 aliphatic rings. The van der Waals surface area contributed by atoms with Crippen LogP contribution in [-0.4, -0.2) is 100 Å². The lowest BCUT2D eigenvalue weighted by atomic mass is 9.85. The monoisotopic (exact) mass is 701 g/mol. The van der Waals surface area contributed by atoms with Gasteiger partial charge in [-0.1, -0.05) is 68.2 Å². The molecule has 13 nitrogen and oxygen atoms in total. The van der Waals surface area contributed by atoms with Crippen LogP contribution in [-0.2, 0) is 14.4 Å². The van der Waals surface area contributed by atoms with E-state index in [0.29, 0.717) is 49.9 Å². The Morgan fingerprint density at radius 2 is 1.40 bits per heavy atom. The first-order valence-electron chi connectivity index (χ1n) is 18.2. The zero-order valence-corrected chi connectivity index (χ0v) is 32.5. The number of likely N-dealkylation sites (tertiary alicyclic amines) is 1. The van der Waals surface area contributed by atoms with Gasteiger partial charge in [0.15, 0.2) is 0 Å². The SMILES string of the molecule is CCNC(=O)C(=O)C(CC1CC1)NC(=O)[C@@H]1C(C(C)C)CCN1C[C@@H](NC(=O)N[C@H](CN(C)c1c(N(C)C)c(=O)c1=O)C(C)(C)C)C(C)(C)C. The van der Waals surface area contributed by atoms with Crippen LogP contribution >= 0.6 is 0 Å². The van der Waals surface area contributed by atoms with Gasteiger partial charge in [-0.3, -0.25) is 28.9 Å². The lowest BCUT2D eigenvalue weighted by molar-refractivity contribution is -0.140. The highest BCUT2D eigenvalue weighted by molar-refractivity contribution is 6.38. The third-order valence-corrected chi connectivity index (χ3v) is 10.4. The third-order valence-electron chi connectivity index (χ3n) is 10.4. The van der Waals surface area contributed by atoms with E-state index in [2.05, 4.69) is 40.0 Å². The van der Waals surface area contributed by atoms with Crippen LogP contribution in [0.3, 0.4) is 0 Å². The van der Waals surface area contributed by atoms with Crippen molar-refractivity contribution in [3.8, 4) is 0 Å². The van der Waals surface area contributed by atoms with Gasteiger partial charge in [0.25, 0.3) is 16.8 Å². The van der Waals surface area contributed by atoms with Crippen molar-refractivity contribution in [3.63, 3.8) is 0 Å². The number of rotatable bonds is 16. The molecule has 2 unspecified atom stereocenters. The van der Waals surface area contributed by atoms with Gasteiger partial charge >= 0.3 is 6.03 Å². The maximum absolute atomic E-state index is 14.1. The Morgan fingerprint density at radius 3 is 1.90 bits per heavy atom. The fourth-order valence-electron chi connectivity index (χ4n) is 6.89. The van der Waals surface area contributed by atoms with Crippen molar-refractivity contribution in [1.82, 2.24) is 26.2 Å². The Bertz CT molecular complexity index is 1450. The van der Waals surface area contributed by atoms with Gasteiger partial charge < -0.3 is 31.1 Å². The summed E-state index contributed by atoms with van der Waals surface area (Å²) in [5, 5.41) is 11.9. The van der Waals surface area contributed by atoms with Crippen molar-refractivity contribution in [3.05, 3.63) is 20.4 Å². The molecule has 4 amide bonds. The molecule has 4 N–H and O–H groups in total. The first-order valence-corrected chi connectivity index (χ1v) is 18.2. The number of anilines is 2. The molecule has 1 saturated carbocycles. The molecule has 0 spiro atoms. The van der Waals surface area contributed by atoms with Crippen LogP contribution in [0, 0.1) is 28.6 Å². The lowest BCUT2D eigenvalue weighted by Gasteiger charge is -2.39. The summed E-state index contributed by atoms with van der Waals surface area (Å²) in [5.41, 5.74) is -1.10. The molecule has 282 valence electrons. The summed E-state index contributed by atoms with van der Waals surface area (Å²) in [4.78, 5) is 83.6. The number of hydrogen-bond donors (Lipinski definition) is 4. The molecule has 1 aliphatic heterocycles. The Balaban J connectivity index is 1.79. The van der Waals surface area contributed by atoms with Gasteiger partial charge in [0, 0.05) is 46.8 Å². The fraction of sp³-hybridized carbons (Fsp3) is 0.784. The Labute approximate surface area is 298 Å². The molecular weight excluding hydrogens is 638 g/mol. The van der Waals surface area contributed by atoms with Crippen LogP contribution in [0.15, 0.2) is 9.59 Å². The van der Waals surface area contributed by atoms with Crippen molar-refractivity contribution < 1.29 is 19.2 Å². The zero-order chi connectivity index (χ0) is 37.9. The summed E-state index contributed by atoms with van der Waals surface area (Å²) in [5.74, 6) is -0.974. The second-order valence-electron chi connectivity index (χ2n) is 17.2. The maximum Gasteiger partial charge on any atom is 0.315 e. The average molecular weight is 702 g/mol. The van der Waals surface area contributed by atoms with E-state index in [1.807, 2.05) is 41.5 Å². The summed E-state index contributed by atoms with van der Waals surface area (Å²) in [6.45, 7) is 19.8. The Hall–Kier alpha value is -3.48. The summed E-state index contributed by atoms with van der Waals surface area (Å²) in [7, 11) is 5.20. The molecule has 0 radical (unpaired) electrons. The highest BCUT2D eigenvalue weighted by Crippen LogP contribution is 2.35. The van der Waals surface area contributed by atoms with E-state index in [-0.39, 0.29) is 46.7 Å². The number of hydrogen-bond acceptors (Lipinski definition) is 9. The Morgan fingerprint density at radius 1 is 0.840 bits per heavy atom. The van der Waals surface area contributed by atoms with Gasteiger partial charge in [0.1, 0.15) is 11.4 Å². The number of Topliss-reactive ketones (excluding diaryl/α,β-unsaturated/α-hetero) is 1. The van der Waals surface area contributed by atoms with Crippen LogP contribution in [0.5, 0.6) is 0 Å². The maximum atomic E-state index is 14.1. The summed E-state index contributed by atoms with van der Waals surface area (Å²) in [6, 6.07) is -2.49. The third kappa shape index (κ3) is 10.1. The summed E-state index contributed by atoms with van der Waals surface area (Å²) >= 11 is 0. The molecule has 2 fully saturated rings. The smallest absolute Gasteiger partial charge is 0.315 e. The molecule has 1 heterocycles. The molecule has 1 saturated heterocycles. The number of amides is 4. The largest absolute Gasteiger partial charge is 0.373 e. The fourth-order valence-corrected chi connectivity index (χ4v) is 6.89. The highest BCUT2D eigenvalue weighted by Gasteiger charge is 2.45. The van der Waals surface area contributed by atoms with Crippen molar-refractivity contribution in [2.24, 2.45) is 28.6 Å². The number of likely N-dealkylation sites (N-methyl/N-ethyl adjacent to an activating group) is 2. The van der Waals surface area contributed by atoms with E-state index in [0.717, 1.165) is 19.3 Å². The molecule has 1 aromatic rings. The number of carbonyl (C=O) groups is 4. The number of nitrogens with zero attached hydrogens (tertiary/aromatic N) is 3. The van der Waals surface area contributed by atoms with E-state index in [1.54, 1.807) is 37.9 Å². The quantitative estimate of drug-likeness (QED) is 0.190.